The highest BCUT2D eigenvalue weighted by atomic mass is 79.9. The largest absolute Gasteiger partial charge is 0.315 e. The van der Waals surface area contributed by atoms with Crippen LogP contribution in [0.2, 0.25) is 0 Å². The molecular weight excluding hydrogens is 256 g/mol. The van der Waals surface area contributed by atoms with Gasteiger partial charge in [-0.05, 0) is 24.3 Å². The summed E-state index contributed by atoms with van der Waals surface area (Å²) >= 11 is 3.33. The Labute approximate surface area is 97.4 Å². The van der Waals surface area contributed by atoms with E-state index in [9.17, 15) is 4.79 Å². The van der Waals surface area contributed by atoms with Gasteiger partial charge in [0.2, 0.25) is 5.91 Å². The Bertz CT molecular complexity index is 381. The Balaban J connectivity index is 2.68. The predicted molar refractivity (Wildman–Crippen MR) is 62.4 cm³/mol. The summed E-state index contributed by atoms with van der Waals surface area (Å²) in [7, 11) is 1.71. The summed E-state index contributed by atoms with van der Waals surface area (Å²) in [4.78, 5) is 13.1. The molecule has 0 saturated carbocycles. The van der Waals surface area contributed by atoms with E-state index in [0.717, 1.165) is 10.2 Å². The minimum Gasteiger partial charge on any atom is -0.315 e. The van der Waals surface area contributed by atoms with Crippen LogP contribution in [-0.2, 0) is 4.79 Å². The molecule has 1 aromatic rings. The van der Waals surface area contributed by atoms with E-state index in [4.69, 9.17) is 5.26 Å². The number of nitrogens with zero attached hydrogens (tertiary/aromatic N) is 2. The first kappa shape index (κ1) is 11.7. The molecule has 0 spiro atoms. The number of hydrogen-bond acceptors (Lipinski definition) is 2. The van der Waals surface area contributed by atoms with Crippen molar-refractivity contribution in [3.8, 4) is 6.07 Å². The van der Waals surface area contributed by atoms with Crippen molar-refractivity contribution in [1.29, 1.82) is 5.26 Å². The summed E-state index contributed by atoms with van der Waals surface area (Å²) < 4.78 is 0.976. The van der Waals surface area contributed by atoms with Crippen molar-refractivity contribution in [3.05, 3.63) is 28.7 Å². The number of carbonyl (C=O) groups excluding carboxylic acids is 1. The molecule has 0 aliphatic carbocycles. The Kier molecular flexibility index (Phi) is 4.32. The van der Waals surface area contributed by atoms with Crippen LogP contribution in [0.3, 0.4) is 0 Å². The maximum atomic E-state index is 11.6. The quantitative estimate of drug-likeness (QED) is 0.845. The highest BCUT2D eigenvalue weighted by molar-refractivity contribution is 9.10. The lowest BCUT2D eigenvalue weighted by Crippen LogP contribution is -2.25. The minimum absolute atomic E-state index is 0.0427. The maximum absolute atomic E-state index is 11.6. The second kappa shape index (κ2) is 5.52. The summed E-state index contributed by atoms with van der Waals surface area (Å²) in [5.74, 6) is -0.0427. The van der Waals surface area contributed by atoms with Gasteiger partial charge in [-0.1, -0.05) is 15.9 Å². The minimum atomic E-state index is -0.0427. The summed E-state index contributed by atoms with van der Waals surface area (Å²) in [6.07, 6.45) is 0.531. The summed E-state index contributed by atoms with van der Waals surface area (Å²) in [6.45, 7) is 0. The van der Waals surface area contributed by atoms with Gasteiger partial charge in [0, 0.05) is 30.0 Å². The fourth-order valence-corrected chi connectivity index (χ4v) is 1.40. The topological polar surface area (TPSA) is 44.1 Å². The van der Waals surface area contributed by atoms with E-state index in [1.54, 1.807) is 11.9 Å². The van der Waals surface area contributed by atoms with Gasteiger partial charge in [-0.25, -0.2) is 0 Å². The zero-order chi connectivity index (χ0) is 11.3. The Morgan fingerprint density at radius 3 is 2.60 bits per heavy atom. The van der Waals surface area contributed by atoms with Gasteiger partial charge in [0.05, 0.1) is 6.07 Å². The molecule has 0 atom stereocenters. The maximum Gasteiger partial charge on any atom is 0.227 e. The van der Waals surface area contributed by atoms with E-state index in [1.807, 2.05) is 30.3 Å². The standard InChI is InChI=1S/C11H11BrN2O/c1-14(11(15)3-2-8-13)10-6-4-9(12)5-7-10/h4-7H,2-3H2,1H3. The van der Waals surface area contributed by atoms with Crippen LogP contribution >= 0.6 is 15.9 Å². The first-order valence-corrected chi connectivity index (χ1v) is 5.33. The first-order chi connectivity index (χ1) is 7.15. The van der Waals surface area contributed by atoms with E-state index in [-0.39, 0.29) is 18.7 Å². The van der Waals surface area contributed by atoms with Crippen LogP contribution in [0.5, 0.6) is 0 Å². The molecule has 1 aromatic carbocycles. The molecule has 4 heteroatoms. The molecule has 0 aromatic heterocycles. The Hall–Kier alpha value is -1.34. The molecule has 78 valence electrons. The summed E-state index contributed by atoms with van der Waals surface area (Å²) in [5, 5.41) is 8.38. The molecule has 3 nitrogen and oxygen atoms in total. The first-order valence-electron chi connectivity index (χ1n) is 4.54. The third-order valence-electron chi connectivity index (χ3n) is 2.04. The molecule has 0 fully saturated rings. The van der Waals surface area contributed by atoms with E-state index >= 15 is 0 Å². The molecule has 15 heavy (non-hydrogen) atoms. The second-order valence-corrected chi connectivity index (χ2v) is 4.00. The lowest BCUT2D eigenvalue weighted by Gasteiger charge is -2.16. The zero-order valence-corrected chi connectivity index (χ0v) is 9.99. The van der Waals surface area contributed by atoms with Crippen LogP contribution in [0.15, 0.2) is 28.7 Å². The predicted octanol–water partition coefficient (Wildman–Crippen LogP) is 2.72. The smallest absolute Gasteiger partial charge is 0.227 e. The van der Waals surface area contributed by atoms with Crippen molar-refractivity contribution in [2.24, 2.45) is 0 Å². The average Bonchev–Trinajstić information content (AvgIpc) is 2.26. The van der Waals surface area contributed by atoms with Gasteiger partial charge in [0.15, 0.2) is 0 Å². The molecule has 0 bridgehead atoms. The van der Waals surface area contributed by atoms with Gasteiger partial charge in [0.1, 0.15) is 0 Å². The molecular formula is C11H11BrN2O. The number of nitriles is 1. The van der Waals surface area contributed by atoms with Crippen molar-refractivity contribution >= 4 is 27.5 Å². The SMILES string of the molecule is CN(C(=O)CCC#N)c1ccc(Br)cc1. The second-order valence-electron chi connectivity index (χ2n) is 3.09. The molecule has 1 amide bonds. The number of benzene rings is 1. The van der Waals surface area contributed by atoms with Crippen molar-refractivity contribution in [3.63, 3.8) is 0 Å². The lowest BCUT2D eigenvalue weighted by molar-refractivity contribution is -0.118. The molecule has 0 radical (unpaired) electrons. The molecule has 0 saturated heterocycles. The van der Waals surface area contributed by atoms with Crippen molar-refractivity contribution in [2.45, 2.75) is 12.8 Å². The van der Waals surface area contributed by atoms with E-state index in [2.05, 4.69) is 15.9 Å². The fourth-order valence-electron chi connectivity index (χ4n) is 1.14. The highest BCUT2D eigenvalue weighted by Gasteiger charge is 2.09. The van der Waals surface area contributed by atoms with Gasteiger partial charge < -0.3 is 4.90 Å². The third kappa shape index (κ3) is 3.37. The Morgan fingerprint density at radius 1 is 1.47 bits per heavy atom. The van der Waals surface area contributed by atoms with Crippen LogP contribution in [0.25, 0.3) is 0 Å². The van der Waals surface area contributed by atoms with E-state index in [1.165, 1.54) is 0 Å². The fraction of sp³-hybridized carbons (Fsp3) is 0.273. The highest BCUT2D eigenvalue weighted by Crippen LogP contribution is 2.17. The molecule has 0 aliphatic rings. The van der Waals surface area contributed by atoms with Crippen LogP contribution in [0, 0.1) is 11.3 Å². The van der Waals surface area contributed by atoms with E-state index < -0.39 is 0 Å². The monoisotopic (exact) mass is 266 g/mol. The van der Waals surface area contributed by atoms with Crippen LogP contribution < -0.4 is 4.90 Å². The van der Waals surface area contributed by atoms with Gasteiger partial charge in [-0.15, -0.1) is 0 Å². The van der Waals surface area contributed by atoms with Crippen LogP contribution in [-0.4, -0.2) is 13.0 Å². The van der Waals surface area contributed by atoms with Crippen molar-refractivity contribution in [1.82, 2.24) is 0 Å². The number of anilines is 1. The van der Waals surface area contributed by atoms with Gasteiger partial charge >= 0.3 is 0 Å². The van der Waals surface area contributed by atoms with Gasteiger partial charge in [0.25, 0.3) is 0 Å². The number of halogens is 1. The zero-order valence-electron chi connectivity index (χ0n) is 8.40. The number of amides is 1. The van der Waals surface area contributed by atoms with Crippen LogP contribution in [0.1, 0.15) is 12.8 Å². The van der Waals surface area contributed by atoms with Gasteiger partial charge in [-0.3, -0.25) is 4.79 Å². The molecule has 1 rings (SSSR count). The number of rotatable bonds is 3. The van der Waals surface area contributed by atoms with Crippen molar-refractivity contribution in [2.75, 3.05) is 11.9 Å². The lowest BCUT2D eigenvalue weighted by atomic mass is 10.2. The molecule has 0 unspecified atom stereocenters. The number of carbonyl (C=O) groups is 1. The van der Waals surface area contributed by atoms with Gasteiger partial charge in [-0.2, -0.15) is 5.26 Å². The molecule has 0 aliphatic heterocycles. The number of hydrogen-bond donors (Lipinski definition) is 0. The van der Waals surface area contributed by atoms with Crippen molar-refractivity contribution < 1.29 is 4.79 Å². The Morgan fingerprint density at radius 2 is 2.07 bits per heavy atom. The average molecular weight is 267 g/mol. The summed E-state index contributed by atoms with van der Waals surface area (Å²) in [5.41, 5.74) is 0.834. The normalized spacial score (nSPS) is 9.40. The summed E-state index contributed by atoms with van der Waals surface area (Å²) in [6, 6.07) is 9.43. The van der Waals surface area contributed by atoms with Crippen LogP contribution in [0.4, 0.5) is 5.69 Å². The third-order valence-corrected chi connectivity index (χ3v) is 2.57. The molecule has 0 N–H and O–H groups in total. The van der Waals surface area contributed by atoms with E-state index in [0.29, 0.717) is 0 Å². The molecule has 0 heterocycles.